The monoisotopic (exact) mass is 350 g/mol. The summed E-state index contributed by atoms with van der Waals surface area (Å²) in [7, 11) is -1.86. The van der Waals surface area contributed by atoms with Crippen LogP contribution in [0.2, 0.25) is 15.1 Å². The Morgan fingerprint density at radius 2 is 1.40 bits per heavy atom. The minimum atomic E-state index is -1.86. The van der Waals surface area contributed by atoms with Crippen LogP contribution in [0.15, 0.2) is 34.1 Å². The molecule has 3 nitrogen and oxygen atoms in total. The third-order valence-electron chi connectivity index (χ3n) is 2.62. The summed E-state index contributed by atoms with van der Waals surface area (Å²) in [6.45, 7) is 1.63. The fourth-order valence-corrected chi connectivity index (χ4v) is 3.93. The van der Waals surface area contributed by atoms with Crippen molar-refractivity contribution in [1.29, 1.82) is 0 Å². The number of hydrogen-bond donors (Lipinski definition) is 2. The molecule has 0 aliphatic heterocycles. The zero-order valence-electron chi connectivity index (χ0n) is 10.2. The molecule has 20 heavy (non-hydrogen) atoms. The van der Waals surface area contributed by atoms with Crippen LogP contribution in [0.3, 0.4) is 0 Å². The number of rotatable bonds is 2. The second-order valence-electron chi connectivity index (χ2n) is 4.07. The molecule has 0 aromatic heterocycles. The van der Waals surface area contributed by atoms with Crippen LogP contribution < -0.4 is 0 Å². The van der Waals surface area contributed by atoms with Gasteiger partial charge in [0.15, 0.2) is 5.75 Å². The summed E-state index contributed by atoms with van der Waals surface area (Å²) >= 11 is 17.5. The standard InChI is InChI=1S/C13H9Cl3O3S/c1-6-2-7(14)4-10(12(6)17)20(19)11-5-8(15)3-9(16)13(11)18/h2-5,17-18H,1H3. The number of halogens is 3. The summed E-state index contributed by atoms with van der Waals surface area (Å²) in [6.07, 6.45) is 0. The van der Waals surface area contributed by atoms with E-state index in [0.717, 1.165) is 0 Å². The maximum absolute atomic E-state index is 12.5. The molecule has 0 radical (unpaired) electrons. The molecule has 0 aliphatic rings. The van der Waals surface area contributed by atoms with Gasteiger partial charge in [-0.1, -0.05) is 34.8 Å². The van der Waals surface area contributed by atoms with E-state index < -0.39 is 10.8 Å². The van der Waals surface area contributed by atoms with E-state index in [1.54, 1.807) is 13.0 Å². The summed E-state index contributed by atoms with van der Waals surface area (Å²) < 4.78 is 12.5. The van der Waals surface area contributed by atoms with Gasteiger partial charge in [-0.25, -0.2) is 4.21 Å². The lowest BCUT2D eigenvalue weighted by Crippen LogP contribution is -1.96. The van der Waals surface area contributed by atoms with Crippen molar-refractivity contribution in [1.82, 2.24) is 0 Å². The van der Waals surface area contributed by atoms with Gasteiger partial charge in [-0.2, -0.15) is 0 Å². The largest absolute Gasteiger partial charge is 0.506 e. The molecule has 0 amide bonds. The first-order valence-electron chi connectivity index (χ1n) is 5.40. The molecular weight excluding hydrogens is 343 g/mol. The van der Waals surface area contributed by atoms with Gasteiger partial charge < -0.3 is 10.2 Å². The molecule has 0 heterocycles. The second kappa shape index (κ2) is 5.82. The van der Waals surface area contributed by atoms with E-state index in [4.69, 9.17) is 34.8 Å². The molecule has 106 valence electrons. The Labute approximate surface area is 133 Å². The van der Waals surface area contributed by atoms with E-state index >= 15 is 0 Å². The van der Waals surface area contributed by atoms with Crippen LogP contribution in [0.5, 0.6) is 11.5 Å². The zero-order chi connectivity index (χ0) is 15.0. The van der Waals surface area contributed by atoms with Crippen molar-refractivity contribution in [3.8, 4) is 11.5 Å². The summed E-state index contributed by atoms with van der Waals surface area (Å²) in [4.78, 5) is 0.100. The van der Waals surface area contributed by atoms with Gasteiger partial charge in [-0.3, -0.25) is 0 Å². The minimum absolute atomic E-state index is 0.0134. The summed E-state index contributed by atoms with van der Waals surface area (Å²) in [5.74, 6) is -0.491. The second-order valence-corrected chi connectivity index (χ2v) is 6.77. The predicted molar refractivity (Wildman–Crippen MR) is 80.7 cm³/mol. The average Bonchev–Trinajstić information content (AvgIpc) is 2.37. The maximum atomic E-state index is 12.5. The number of benzene rings is 2. The van der Waals surface area contributed by atoms with Gasteiger partial charge >= 0.3 is 0 Å². The van der Waals surface area contributed by atoms with Gasteiger partial charge in [0.05, 0.1) is 25.6 Å². The van der Waals surface area contributed by atoms with E-state index in [9.17, 15) is 14.4 Å². The Kier molecular flexibility index (Phi) is 4.49. The normalized spacial score (nSPS) is 12.4. The molecule has 2 rings (SSSR count). The molecule has 0 aliphatic carbocycles. The highest BCUT2D eigenvalue weighted by Crippen LogP contribution is 2.38. The van der Waals surface area contributed by atoms with E-state index in [2.05, 4.69) is 0 Å². The Balaban J connectivity index is 2.64. The third kappa shape index (κ3) is 2.88. The SMILES string of the molecule is Cc1cc(Cl)cc(S(=O)c2cc(Cl)cc(Cl)c2O)c1O. The van der Waals surface area contributed by atoms with Crippen molar-refractivity contribution in [3.63, 3.8) is 0 Å². The van der Waals surface area contributed by atoms with Crippen molar-refractivity contribution in [2.45, 2.75) is 16.7 Å². The van der Waals surface area contributed by atoms with Crippen molar-refractivity contribution < 1.29 is 14.4 Å². The maximum Gasteiger partial charge on any atom is 0.150 e. The third-order valence-corrected chi connectivity index (χ3v) is 4.77. The lowest BCUT2D eigenvalue weighted by atomic mass is 10.2. The molecule has 7 heteroatoms. The van der Waals surface area contributed by atoms with Gasteiger partial charge in [-0.15, -0.1) is 0 Å². The number of phenolic OH excluding ortho intramolecular Hbond substituents is 2. The highest BCUT2D eigenvalue weighted by molar-refractivity contribution is 7.85. The van der Waals surface area contributed by atoms with Crippen LogP contribution in [0.1, 0.15) is 5.56 Å². The van der Waals surface area contributed by atoms with Crippen LogP contribution in [0.4, 0.5) is 0 Å². The molecule has 0 saturated heterocycles. The fraction of sp³-hybridized carbons (Fsp3) is 0.0769. The molecule has 0 spiro atoms. The number of phenols is 2. The van der Waals surface area contributed by atoms with Crippen LogP contribution in [0.25, 0.3) is 0 Å². The Morgan fingerprint density at radius 1 is 0.900 bits per heavy atom. The van der Waals surface area contributed by atoms with Crippen LogP contribution >= 0.6 is 34.8 Å². The summed E-state index contributed by atoms with van der Waals surface area (Å²) in [5.41, 5.74) is 0.480. The zero-order valence-corrected chi connectivity index (χ0v) is 13.2. The van der Waals surface area contributed by atoms with Crippen molar-refractivity contribution in [2.24, 2.45) is 0 Å². The van der Waals surface area contributed by atoms with Gasteiger partial charge in [0.25, 0.3) is 0 Å². The van der Waals surface area contributed by atoms with Gasteiger partial charge in [-0.05, 0) is 36.8 Å². The smallest absolute Gasteiger partial charge is 0.150 e. The summed E-state index contributed by atoms with van der Waals surface area (Å²) in [5, 5.41) is 20.4. The van der Waals surface area contributed by atoms with Crippen LogP contribution in [-0.2, 0) is 10.8 Å². The summed E-state index contributed by atoms with van der Waals surface area (Å²) in [6, 6.07) is 5.58. The highest BCUT2D eigenvalue weighted by atomic mass is 35.5. The topological polar surface area (TPSA) is 57.5 Å². The highest BCUT2D eigenvalue weighted by Gasteiger charge is 2.20. The molecule has 2 N–H and O–H groups in total. The van der Waals surface area contributed by atoms with E-state index in [0.29, 0.717) is 10.6 Å². The average molecular weight is 352 g/mol. The van der Waals surface area contributed by atoms with Crippen molar-refractivity contribution >= 4 is 45.6 Å². The van der Waals surface area contributed by atoms with E-state index in [1.165, 1.54) is 18.2 Å². The Morgan fingerprint density at radius 3 is 2.00 bits per heavy atom. The predicted octanol–water partition coefficient (Wildman–Crippen LogP) is 4.53. The minimum Gasteiger partial charge on any atom is -0.506 e. The van der Waals surface area contributed by atoms with Crippen LogP contribution in [-0.4, -0.2) is 14.4 Å². The van der Waals surface area contributed by atoms with Gasteiger partial charge in [0.2, 0.25) is 0 Å². The number of aromatic hydroxyl groups is 2. The first-order chi connectivity index (χ1) is 9.31. The molecule has 1 unspecified atom stereocenters. The van der Waals surface area contributed by atoms with Crippen LogP contribution in [0, 0.1) is 6.92 Å². The van der Waals surface area contributed by atoms with E-state index in [-0.39, 0.29) is 31.3 Å². The fourth-order valence-electron chi connectivity index (χ4n) is 1.65. The molecule has 1 atom stereocenters. The van der Waals surface area contributed by atoms with Gasteiger partial charge in [0, 0.05) is 10.0 Å². The van der Waals surface area contributed by atoms with Gasteiger partial charge in [0.1, 0.15) is 5.75 Å². The van der Waals surface area contributed by atoms with E-state index in [1.807, 2.05) is 0 Å². The first-order valence-corrected chi connectivity index (χ1v) is 7.68. The Hall–Kier alpha value is -0.940. The lowest BCUT2D eigenvalue weighted by molar-refractivity contribution is 0.454. The molecule has 0 saturated carbocycles. The first kappa shape index (κ1) is 15.4. The number of hydrogen-bond acceptors (Lipinski definition) is 3. The molecule has 2 aromatic carbocycles. The molecule has 2 aromatic rings. The molecule has 0 fully saturated rings. The number of aryl methyl sites for hydroxylation is 1. The lowest BCUT2D eigenvalue weighted by Gasteiger charge is -2.10. The van der Waals surface area contributed by atoms with Crippen molar-refractivity contribution in [3.05, 3.63) is 44.9 Å². The quantitative estimate of drug-likeness (QED) is 0.835. The molecule has 0 bridgehead atoms. The Bertz CT molecular complexity index is 657. The van der Waals surface area contributed by atoms with Crippen molar-refractivity contribution in [2.75, 3.05) is 0 Å². The molecular formula is C13H9Cl3O3S.